The predicted molar refractivity (Wildman–Crippen MR) is 61.0 cm³/mol. The van der Waals surface area contributed by atoms with Crippen LogP contribution in [0.2, 0.25) is 0 Å². The van der Waals surface area contributed by atoms with Crippen LogP contribution in [0.3, 0.4) is 0 Å². The van der Waals surface area contributed by atoms with Gasteiger partial charge in [0, 0.05) is 0 Å². The molecule has 1 rings (SSSR count). The molecule has 0 unspecified atom stereocenters. The molecule has 6 atom stereocenters. The molecule has 19 heavy (non-hydrogen) atoms. The fraction of sp³-hybridized carbons (Fsp3) is 0.909. The third kappa shape index (κ3) is 3.04. The SMILES string of the molecule is CCOC(=O)[C@](C)(O)[C@@H]1O[C@H](CO)[C@H](O)[C@H](O)[C@H]1O. The Labute approximate surface area is 110 Å². The zero-order chi connectivity index (χ0) is 14.8. The summed E-state index contributed by atoms with van der Waals surface area (Å²) >= 11 is 0. The molecule has 0 aromatic heterocycles. The normalized spacial score (nSPS) is 38.6. The number of esters is 1. The van der Waals surface area contributed by atoms with E-state index >= 15 is 0 Å². The van der Waals surface area contributed by atoms with Crippen LogP contribution in [0.15, 0.2) is 0 Å². The lowest BCUT2D eigenvalue weighted by atomic mass is 9.86. The number of hydrogen-bond donors (Lipinski definition) is 5. The summed E-state index contributed by atoms with van der Waals surface area (Å²) in [7, 11) is 0. The highest BCUT2D eigenvalue weighted by atomic mass is 16.6. The third-order valence-electron chi connectivity index (χ3n) is 3.13. The van der Waals surface area contributed by atoms with E-state index in [1.807, 2.05) is 0 Å². The smallest absolute Gasteiger partial charge is 0.340 e. The molecule has 8 heteroatoms. The van der Waals surface area contributed by atoms with Crippen LogP contribution in [0.5, 0.6) is 0 Å². The van der Waals surface area contributed by atoms with Gasteiger partial charge >= 0.3 is 5.97 Å². The fourth-order valence-electron chi connectivity index (χ4n) is 1.96. The standard InChI is InChI=1S/C11H20O8/c1-3-18-10(16)11(2,17)9-8(15)7(14)6(13)5(4-12)19-9/h5-9,12-15,17H,3-4H2,1-2H3/t5-,6+,7+,8-,9-,11-/m1/s1. The van der Waals surface area contributed by atoms with E-state index in [9.17, 15) is 25.2 Å². The Morgan fingerprint density at radius 2 is 1.84 bits per heavy atom. The summed E-state index contributed by atoms with van der Waals surface area (Å²) < 4.78 is 9.75. The van der Waals surface area contributed by atoms with Crippen molar-refractivity contribution in [2.45, 2.75) is 50.0 Å². The molecule has 5 N–H and O–H groups in total. The molecular formula is C11H20O8. The summed E-state index contributed by atoms with van der Waals surface area (Å²) in [4.78, 5) is 11.6. The summed E-state index contributed by atoms with van der Waals surface area (Å²) in [6, 6.07) is 0. The van der Waals surface area contributed by atoms with Crippen LogP contribution in [-0.4, -0.2) is 80.8 Å². The van der Waals surface area contributed by atoms with E-state index in [4.69, 9.17) is 9.84 Å². The molecule has 0 radical (unpaired) electrons. The summed E-state index contributed by atoms with van der Waals surface area (Å²) in [6.45, 7) is 1.99. The molecule has 112 valence electrons. The molecule has 0 amide bonds. The minimum atomic E-state index is -2.22. The first-order valence-electron chi connectivity index (χ1n) is 5.97. The average molecular weight is 280 g/mol. The first-order valence-corrected chi connectivity index (χ1v) is 5.97. The van der Waals surface area contributed by atoms with Gasteiger partial charge in [-0.1, -0.05) is 0 Å². The van der Waals surface area contributed by atoms with E-state index in [2.05, 4.69) is 4.74 Å². The van der Waals surface area contributed by atoms with Crippen molar-refractivity contribution in [1.82, 2.24) is 0 Å². The Balaban J connectivity index is 2.94. The molecule has 0 aliphatic carbocycles. The Morgan fingerprint density at radius 3 is 2.32 bits per heavy atom. The first-order chi connectivity index (χ1) is 8.77. The maximum absolute atomic E-state index is 11.6. The Bertz CT molecular complexity index is 316. The van der Waals surface area contributed by atoms with Gasteiger partial charge in [-0.05, 0) is 13.8 Å². The third-order valence-corrected chi connectivity index (χ3v) is 3.13. The molecule has 1 aliphatic rings. The molecule has 1 saturated heterocycles. The molecule has 0 aromatic rings. The van der Waals surface area contributed by atoms with Crippen molar-refractivity contribution in [2.24, 2.45) is 0 Å². The van der Waals surface area contributed by atoms with E-state index in [1.54, 1.807) is 6.92 Å². The van der Waals surface area contributed by atoms with Crippen molar-refractivity contribution in [3.63, 3.8) is 0 Å². The van der Waals surface area contributed by atoms with E-state index in [1.165, 1.54) is 0 Å². The van der Waals surface area contributed by atoms with E-state index in [0.29, 0.717) is 0 Å². The topological polar surface area (TPSA) is 137 Å². The molecular weight excluding hydrogens is 260 g/mol. The Kier molecular flexibility index (Phi) is 5.25. The number of hydrogen-bond acceptors (Lipinski definition) is 8. The van der Waals surface area contributed by atoms with Crippen LogP contribution in [0.25, 0.3) is 0 Å². The number of aliphatic hydroxyl groups is 5. The molecule has 0 bridgehead atoms. The molecule has 0 aromatic carbocycles. The molecule has 1 heterocycles. The van der Waals surface area contributed by atoms with Gasteiger partial charge in [-0.15, -0.1) is 0 Å². The van der Waals surface area contributed by atoms with Gasteiger partial charge in [0.05, 0.1) is 13.2 Å². The van der Waals surface area contributed by atoms with Crippen molar-refractivity contribution < 1.29 is 39.8 Å². The summed E-state index contributed by atoms with van der Waals surface area (Å²) in [5.74, 6) is -1.03. The van der Waals surface area contributed by atoms with Crippen LogP contribution in [0.4, 0.5) is 0 Å². The van der Waals surface area contributed by atoms with Crippen molar-refractivity contribution in [3.05, 3.63) is 0 Å². The highest BCUT2D eigenvalue weighted by molar-refractivity contribution is 5.79. The van der Waals surface area contributed by atoms with Crippen molar-refractivity contribution in [1.29, 1.82) is 0 Å². The number of carbonyl (C=O) groups is 1. The van der Waals surface area contributed by atoms with Crippen LogP contribution >= 0.6 is 0 Å². The predicted octanol–water partition coefficient (Wildman–Crippen LogP) is -2.86. The van der Waals surface area contributed by atoms with Gasteiger partial charge in [-0.25, -0.2) is 4.79 Å². The van der Waals surface area contributed by atoms with Gasteiger partial charge in [0.2, 0.25) is 0 Å². The number of ether oxygens (including phenoxy) is 2. The van der Waals surface area contributed by atoms with Crippen LogP contribution in [0.1, 0.15) is 13.8 Å². The highest BCUT2D eigenvalue weighted by Crippen LogP contribution is 2.29. The monoisotopic (exact) mass is 280 g/mol. The van der Waals surface area contributed by atoms with Crippen LogP contribution in [0, 0.1) is 0 Å². The Hall–Kier alpha value is -0.770. The lowest BCUT2D eigenvalue weighted by molar-refractivity contribution is -0.267. The molecule has 0 saturated carbocycles. The maximum Gasteiger partial charge on any atom is 0.340 e. The second-order valence-electron chi connectivity index (χ2n) is 4.62. The summed E-state index contributed by atoms with van der Waals surface area (Å²) in [5, 5.41) is 48.1. The number of carbonyl (C=O) groups excluding carboxylic acids is 1. The van der Waals surface area contributed by atoms with Gasteiger partial charge in [-0.2, -0.15) is 0 Å². The van der Waals surface area contributed by atoms with Crippen molar-refractivity contribution in [3.8, 4) is 0 Å². The van der Waals surface area contributed by atoms with Crippen LogP contribution in [-0.2, 0) is 14.3 Å². The quantitative estimate of drug-likeness (QED) is 0.347. The highest BCUT2D eigenvalue weighted by Gasteiger charge is 2.54. The zero-order valence-corrected chi connectivity index (χ0v) is 10.8. The summed E-state index contributed by atoms with van der Waals surface area (Å²) in [6.07, 6.45) is -7.62. The Morgan fingerprint density at radius 1 is 1.26 bits per heavy atom. The van der Waals surface area contributed by atoms with E-state index in [0.717, 1.165) is 6.92 Å². The number of aliphatic hydroxyl groups excluding tert-OH is 4. The van der Waals surface area contributed by atoms with Crippen LogP contribution < -0.4 is 0 Å². The zero-order valence-electron chi connectivity index (χ0n) is 10.8. The average Bonchev–Trinajstić information content (AvgIpc) is 2.36. The minimum Gasteiger partial charge on any atom is -0.464 e. The van der Waals surface area contributed by atoms with Gasteiger partial charge in [0.25, 0.3) is 0 Å². The number of rotatable bonds is 4. The van der Waals surface area contributed by atoms with Gasteiger partial charge in [0.15, 0.2) is 5.60 Å². The van der Waals surface area contributed by atoms with E-state index in [-0.39, 0.29) is 6.61 Å². The largest absolute Gasteiger partial charge is 0.464 e. The van der Waals surface area contributed by atoms with Gasteiger partial charge < -0.3 is 35.0 Å². The summed E-state index contributed by atoms with van der Waals surface area (Å²) in [5.41, 5.74) is -2.22. The van der Waals surface area contributed by atoms with E-state index < -0.39 is 48.7 Å². The first kappa shape index (κ1) is 16.3. The van der Waals surface area contributed by atoms with Crippen molar-refractivity contribution in [2.75, 3.05) is 13.2 Å². The second kappa shape index (κ2) is 6.12. The lowest BCUT2D eigenvalue weighted by Crippen LogP contribution is -2.66. The fourth-order valence-corrected chi connectivity index (χ4v) is 1.96. The molecule has 8 nitrogen and oxygen atoms in total. The van der Waals surface area contributed by atoms with Gasteiger partial charge in [0.1, 0.15) is 30.5 Å². The minimum absolute atomic E-state index is 0.0202. The molecule has 1 aliphatic heterocycles. The lowest BCUT2D eigenvalue weighted by Gasteiger charge is -2.44. The second-order valence-corrected chi connectivity index (χ2v) is 4.62. The molecule has 1 fully saturated rings. The molecule has 0 spiro atoms. The van der Waals surface area contributed by atoms with Gasteiger partial charge in [-0.3, -0.25) is 0 Å². The maximum atomic E-state index is 11.6. The van der Waals surface area contributed by atoms with Crippen molar-refractivity contribution >= 4 is 5.97 Å².